The second-order valence-corrected chi connectivity index (χ2v) is 5.55. The molecular weight excluding hydrogens is 336 g/mol. The summed E-state index contributed by atoms with van der Waals surface area (Å²) in [5.41, 5.74) is 0.381. The van der Waals surface area contributed by atoms with E-state index in [1.54, 1.807) is 0 Å². The molecule has 0 aromatic heterocycles. The third-order valence-electron chi connectivity index (χ3n) is 3.69. The molecule has 2 aromatic rings. The average molecular weight is 356 g/mol. The molecule has 2 nitrogen and oxygen atoms in total. The molecule has 0 amide bonds. The van der Waals surface area contributed by atoms with Crippen molar-refractivity contribution in [2.24, 2.45) is 0 Å². The van der Waals surface area contributed by atoms with Crippen molar-refractivity contribution in [1.29, 1.82) is 0 Å². The Labute approximate surface area is 144 Å². The van der Waals surface area contributed by atoms with E-state index in [2.05, 4.69) is 11.7 Å². The number of hydrogen-bond acceptors (Lipinski definition) is 2. The van der Waals surface area contributed by atoms with Crippen LogP contribution < -0.4 is 9.47 Å². The van der Waals surface area contributed by atoms with Crippen LogP contribution in [-0.4, -0.2) is 13.2 Å². The van der Waals surface area contributed by atoms with Crippen molar-refractivity contribution in [3.05, 3.63) is 48.0 Å². The van der Waals surface area contributed by atoms with E-state index in [1.165, 1.54) is 36.4 Å². The molecule has 0 aliphatic carbocycles. The Bertz CT molecular complexity index is 672. The van der Waals surface area contributed by atoms with E-state index in [9.17, 15) is 17.6 Å². The Morgan fingerprint density at radius 3 is 2.24 bits per heavy atom. The van der Waals surface area contributed by atoms with Crippen molar-refractivity contribution in [3.8, 4) is 22.6 Å². The Morgan fingerprint density at radius 2 is 1.60 bits per heavy atom. The van der Waals surface area contributed by atoms with E-state index in [0.29, 0.717) is 12.2 Å². The molecule has 0 saturated heterocycles. The first kappa shape index (κ1) is 19.1. The number of ether oxygens (including phenoxy) is 2. The Morgan fingerprint density at radius 1 is 0.880 bits per heavy atom. The number of alkyl halides is 2. The smallest absolute Gasteiger partial charge is 0.387 e. The highest BCUT2D eigenvalue weighted by Gasteiger charge is 2.16. The van der Waals surface area contributed by atoms with Crippen LogP contribution in [-0.2, 0) is 0 Å². The fourth-order valence-corrected chi connectivity index (χ4v) is 2.39. The standard InChI is InChI=1S/C19H20F4O2/c1-2-3-4-5-12-24-16-11-10-15(17(20)18(16)21)13-6-8-14(9-7-13)25-19(22)23/h6-11,19H,2-5,12H2,1H3. The van der Waals surface area contributed by atoms with E-state index in [-0.39, 0.29) is 17.1 Å². The number of benzene rings is 2. The molecule has 2 aromatic carbocycles. The first-order chi connectivity index (χ1) is 12.0. The van der Waals surface area contributed by atoms with Crippen LogP contribution in [0.25, 0.3) is 11.1 Å². The zero-order chi connectivity index (χ0) is 18.2. The van der Waals surface area contributed by atoms with Gasteiger partial charge in [0.15, 0.2) is 11.6 Å². The van der Waals surface area contributed by atoms with Crippen LogP contribution in [0.2, 0.25) is 0 Å². The predicted octanol–water partition coefficient (Wildman–Crippen LogP) is 6.19. The van der Waals surface area contributed by atoms with Crippen LogP contribution in [0.4, 0.5) is 17.6 Å². The van der Waals surface area contributed by atoms with Crippen molar-refractivity contribution >= 4 is 0 Å². The number of hydrogen-bond donors (Lipinski definition) is 0. The van der Waals surface area contributed by atoms with Crippen LogP contribution in [0, 0.1) is 11.6 Å². The number of halogens is 4. The molecule has 2 rings (SSSR count). The minimum atomic E-state index is -2.94. The zero-order valence-electron chi connectivity index (χ0n) is 13.9. The van der Waals surface area contributed by atoms with Crippen molar-refractivity contribution < 1.29 is 27.0 Å². The maximum absolute atomic E-state index is 14.3. The summed E-state index contributed by atoms with van der Waals surface area (Å²) < 4.78 is 62.2. The monoisotopic (exact) mass is 356 g/mol. The molecule has 0 bridgehead atoms. The third kappa shape index (κ3) is 5.37. The van der Waals surface area contributed by atoms with Gasteiger partial charge in [0, 0.05) is 5.56 Å². The van der Waals surface area contributed by atoms with E-state index >= 15 is 0 Å². The lowest BCUT2D eigenvalue weighted by atomic mass is 10.0. The Kier molecular flexibility index (Phi) is 7.10. The molecule has 0 spiro atoms. The Hall–Kier alpha value is -2.24. The SMILES string of the molecule is CCCCCCOc1ccc(-c2ccc(OC(F)F)cc2)c(F)c1F. The summed E-state index contributed by atoms with van der Waals surface area (Å²) >= 11 is 0. The van der Waals surface area contributed by atoms with Gasteiger partial charge in [-0.15, -0.1) is 0 Å². The molecule has 0 N–H and O–H groups in total. The topological polar surface area (TPSA) is 18.5 Å². The fraction of sp³-hybridized carbons (Fsp3) is 0.368. The minimum absolute atomic E-state index is 0.0272. The normalized spacial score (nSPS) is 11.0. The summed E-state index contributed by atoms with van der Waals surface area (Å²) in [4.78, 5) is 0. The van der Waals surface area contributed by atoms with Gasteiger partial charge in [-0.25, -0.2) is 4.39 Å². The molecule has 6 heteroatoms. The highest BCUT2D eigenvalue weighted by Crippen LogP contribution is 2.31. The molecule has 136 valence electrons. The van der Waals surface area contributed by atoms with Gasteiger partial charge in [-0.3, -0.25) is 0 Å². The summed E-state index contributed by atoms with van der Waals surface area (Å²) in [5, 5.41) is 0. The van der Waals surface area contributed by atoms with Crippen molar-refractivity contribution in [1.82, 2.24) is 0 Å². The van der Waals surface area contributed by atoms with Crippen LogP contribution in [0.5, 0.6) is 11.5 Å². The molecule has 0 heterocycles. The highest BCUT2D eigenvalue weighted by molar-refractivity contribution is 5.66. The minimum Gasteiger partial charge on any atom is -0.490 e. The summed E-state index contributed by atoms with van der Waals surface area (Å²) in [6, 6.07) is 8.11. The van der Waals surface area contributed by atoms with Gasteiger partial charge < -0.3 is 9.47 Å². The van der Waals surface area contributed by atoms with Crippen molar-refractivity contribution in [2.75, 3.05) is 6.61 Å². The summed E-state index contributed by atoms with van der Waals surface area (Å²) in [7, 11) is 0. The van der Waals surface area contributed by atoms with Gasteiger partial charge in [-0.05, 0) is 36.2 Å². The second kappa shape index (κ2) is 9.30. The van der Waals surface area contributed by atoms with Crippen molar-refractivity contribution in [3.63, 3.8) is 0 Å². The summed E-state index contributed by atoms with van der Waals surface area (Å²) in [6.07, 6.45) is 3.91. The van der Waals surface area contributed by atoms with Gasteiger partial charge >= 0.3 is 6.61 Å². The third-order valence-corrected chi connectivity index (χ3v) is 3.69. The summed E-state index contributed by atoms with van der Waals surface area (Å²) in [5.74, 6) is -2.27. The highest BCUT2D eigenvalue weighted by atomic mass is 19.3. The van der Waals surface area contributed by atoms with Gasteiger partial charge in [0.05, 0.1) is 6.61 Å². The maximum atomic E-state index is 14.3. The van der Waals surface area contributed by atoms with E-state index in [1.807, 2.05) is 0 Å². The molecule has 0 saturated carbocycles. The molecule has 0 aliphatic heterocycles. The first-order valence-electron chi connectivity index (χ1n) is 8.19. The average Bonchev–Trinajstić information content (AvgIpc) is 2.59. The van der Waals surface area contributed by atoms with Gasteiger partial charge in [0.25, 0.3) is 0 Å². The fourth-order valence-electron chi connectivity index (χ4n) is 2.39. The van der Waals surface area contributed by atoms with Gasteiger partial charge in [-0.2, -0.15) is 13.2 Å². The van der Waals surface area contributed by atoms with Crippen LogP contribution in [0.3, 0.4) is 0 Å². The molecule has 0 radical (unpaired) electrons. The van der Waals surface area contributed by atoms with Crippen LogP contribution >= 0.6 is 0 Å². The van der Waals surface area contributed by atoms with Gasteiger partial charge in [0.2, 0.25) is 5.82 Å². The van der Waals surface area contributed by atoms with Crippen LogP contribution in [0.15, 0.2) is 36.4 Å². The molecule has 0 fully saturated rings. The van der Waals surface area contributed by atoms with Crippen molar-refractivity contribution in [2.45, 2.75) is 39.2 Å². The first-order valence-corrected chi connectivity index (χ1v) is 8.19. The molecule has 0 aliphatic rings. The quantitative estimate of drug-likeness (QED) is 0.394. The second-order valence-electron chi connectivity index (χ2n) is 5.55. The van der Waals surface area contributed by atoms with Crippen LogP contribution in [0.1, 0.15) is 32.6 Å². The lowest BCUT2D eigenvalue weighted by molar-refractivity contribution is -0.0498. The lowest BCUT2D eigenvalue weighted by Gasteiger charge is -2.11. The maximum Gasteiger partial charge on any atom is 0.387 e. The largest absolute Gasteiger partial charge is 0.490 e. The number of rotatable bonds is 9. The predicted molar refractivity (Wildman–Crippen MR) is 88.1 cm³/mol. The zero-order valence-corrected chi connectivity index (χ0v) is 13.9. The Balaban J connectivity index is 2.08. The molecular formula is C19H20F4O2. The van der Waals surface area contributed by atoms with Gasteiger partial charge in [-0.1, -0.05) is 38.3 Å². The number of unbranched alkanes of at least 4 members (excludes halogenated alkanes) is 3. The van der Waals surface area contributed by atoms with E-state index < -0.39 is 18.2 Å². The summed E-state index contributed by atoms with van der Waals surface area (Å²) in [6.45, 7) is -0.523. The van der Waals surface area contributed by atoms with Gasteiger partial charge in [0.1, 0.15) is 5.75 Å². The lowest BCUT2D eigenvalue weighted by Crippen LogP contribution is -2.02. The molecule has 25 heavy (non-hydrogen) atoms. The molecule has 0 atom stereocenters. The van der Waals surface area contributed by atoms with E-state index in [0.717, 1.165) is 25.7 Å². The van der Waals surface area contributed by atoms with E-state index in [4.69, 9.17) is 4.74 Å². The molecule has 0 unspecified atom stereocenters.